The minimum Gasteiger partial charge on any atom is -0.549 e. The summed E-state index contributed by atoms with van der Waals surface area (Å²) in [5.41, 5.74) is 0.535. The zero-order valence-corrected chi connectivity index (χ0v) is 10.6. The van der Waals surface area contributed by atoms with Gasteiger partial charge in [-0.1, -0.05) is 0 Å². The average Bonchev–Trinajstić information content (AvgIpc) is 2.62. The Hall–Kier alpha value is -2.13. The Morgan fingerprint density at radius 3 is 2.79 bits per heavy atom. The van der Waals surface area contributed by atoms with Crippen molar-refractivity contribution < 1.29 is 22.7 Å². The van der Waals surface area contributed by atoms with Gasteiger partial charge < -0.3 is 14.3 Å². The lowest BCUT2D eigenvalue weighted by Crippen LogP contribution is -2.37. The number of aromatic nitrogens is 1. The van der Waals surface area contributed by atoms with Crippen molar-refractivity contribution in [3.8, 4) is 0 Å². The molecule has 0 fully saturated rings. The van der Waals surface area contributed by atoms with E-state index in [-0.39, 0.29) is 10.5 Å². The van der Waals surface area contributed by atoms with Gasteiger partial charge in [-0.05, 0) is 12.1 Å². The van der Waals surface area contributed by atoms with Crippen LogP contribution in [0.4, 0.5) is 0 Å². The van der Waals surface area contributed by atoms with Crippen LogP contribution in [0.1, 0.15) is 0 Å². The Morgan fingerprint density at radius 2 is 2.16 bits per heavy atom. The third-order valence-corrected chi connectivity index (χ3v) is 3.88. The Morgan fingerprint density at radius 1 is 1.47 bits per heavy atom. The van der Waals surface area contributed by atoms with E-state index in [2.05, 4.69) is 0 Å². The first-order valence-corrected chi connectivity index (χ1v) is 6.58. The lowest BCUT2D eigenvalue weighted by atomic mass is 10.3. The number of carboxylic acids is 1. The third kappa shape index (κ3) is 2.51. The number of aliphatic carboxylic acids is 1. The highest BCUT2D eigenvalue weighted by molar-refractivity contribution is 7.89. The lowest BCUT2D eigenvalue weighted by Gasteiger charge is -2.06. The van der Waals surface area contributed by atoms with Gasteiger partial charge in [-0.2, -0.15) is 0 Å². The summed E-state index contributed by atoms with van der Waals surface area (Å²) < 4.78 is 31.4. The summed E-state index contributed by atoms with van der Waals surface area (Å²) in [5, 5.41) is 10.2. The van der Waals surface area contributed by atoms with Crippen LogP contribution >= 0.6 is 0 Å². The number of oxazole rings is 1. The van der Waals surface area contributed by atoms with Crippen molar-refractivity contribution in [1.82, 2.24) is 9.29 Å². The highest BCUT2D eigenvalue weighted by Gasteiger charge is 2.16. The van der Waals surface area contributed by atoms with Crippen molar-refractivity contribution in [2.75, 3.05) is 6.54 Å². The normalized spacial score (nSPS) is 11.8. The number of carbonyl (C=O) groups is 1. The maximum absolute atomic E-state index is 11.7. The molecule has 0 unspecified atom stereocenters. The second-order valence-corrected chi connectivity index (χ2v) is 5.52. The first-order chi connectivity index (χ1) is 8.81. The van der Waals surface area contributed by atoms with E-state index in [1.807, 2.05) is 4.72 Å². The Kier molecular flexibility index (Phi) is 3.16. The lowest BCUT2D eigenvalue weighted by molar-refractivity contribution is -0.303. The molecule has 1 aromatic heterocycles. The number of aryl methyl sites for hydroxylation is 1. The van der Waals surface area contributed by atoms with Crippen LogP contribution in [0.2, 0.25) is 0 Å². The van der Waals surface area contributed by atoms with Gasteiger partial charge in [-0.3, -0.25) is 4.57 Å². The standard InChI is InChI=1S/C10H10N2O6S/c1-12-7-3-2-6(4-8(7)18-10(12)15)19(16,17)11-5-9(13)14/h2-4,11H,5H2,1H3,(H,13,14)/p-1. The molecule has 0 aliphatic carbocycles. The van der Waals surface area contributed by atoms with Crippen LogP contribution in [0.5, 0.6) is 0 Å². The van der Waals surface area contributed by atoms with E-state index in [1.54, 1.807) is 0 Å². The van der Waals surface area contributed by atoms with E-state index in [4.69, 9.17) is 4.42 Å². The second-order valence-electron chi connectivity index (χ2n) is 3.75. The molecule has 1 N–H and O–H groups in total. The van der Waals surface area contributed by atoms with Crippen molar-refractivity contribution >= 4 is 27.1 Å². The summed E-state index contributed by atoms with van der Waals surface area (Å²) in [4.78, 5) is 21.3. The number of rotatable bonds is 4. The summed E-state index contributed by atoms with van der Waals surface area (Å²) in [6.45, 7) is -0.834. The molecule has 0 amide bonds. The number of benzene rings is 1. The van der Waals surface area contributed by atoms with Crippen LogP contribution in [0.25, 0.3) is 11.1 Å². The van der Waals surface area contributed by atoms with Crippen molar-refractivity contribution in [2.45, 2.75) is 4.90 Å². The number of nitrogens with zero attached hydrogens (tertiary/aromatic N) is 1. The molecular formula is C10H9N2O6S-. The van der Waals surface area contributed by atoms with Crippen molar-refractivity contribution in [2.24, 2.45) is 7.05 Å². The number of fused-ring (bicyclic) bond motifs is 1. The SMILES string of the molecule is Cn1c(=O)oc2cc(S(=O)(=O)NCC(=O)[O-])ccc21. The Labute approximate surface area is 107 Å². The summed E-state index contributed by atoms with van der Waals surface area (Å²) in [7, 11) is -2.51. The second kappa shape index (κ2) is 4.52. The minimum atomic E-state index is -3.99. The topological polar surface area (TPSA) is 121 Å². The van der Waals surface area contributed by atoms with Crippen LogP contribution in [-0.4, -0.2) is 25.5 Å². The van der Waals surface area contributed by atoms with Gasteiger partial charge in [0.2, 0.25) is 10.0 Å². The molecule has 0 aliphatic rings. The van der Waals surface area contributed by atoms with Crippen LogP contribution in [0.3, 0.4) is 0 Å². The fourth-order valence-electron chi connectivity index (χ4n) is 1.52. The van der Waals surface area contributed by atoms with Crippen LogP contribution in [0, 0.1) is 0 Å². The van der Waals surface area contributed by atoms with Gasteiger partial charge in [-0.25, -0.2) is 17.9 Å². The molecule has 2 aromatic rings. The van der Waals surface area contributed by atoms with Crippen LogP contribution in [0.15, 0.2) is 32.3 Å². The first-order valence-electron chi connectivity index (χ1n) is 5.10. The molecule has 1 heterocycles. The van der Waals surface area contributed by atoms with Crippen molar-refractivity contribution in [1.29, 1.82) is 0 Å². The molecular weight excluding hydrogens is 276 g/mol. The monoisotopic (exact) mass is 285 g/mol. The number of carbonyl (C=O) groups excluding carboxylic acids is 1. The van der Waals surface area contributed by atoms with Crippen LogP contribution < -0.4 is 15.6 Å². The van der Waals surface area contributed by atoms with Gasteiger partial charge in [0.15, 0.2) is 5.58 Å². The van der Waals surface area contributed by atoms with E-state index in [0.717, 1.165) is 6.07 Å². The average molecular weight is 285 g/mol. The predicted octanol–water partition coefficient (Wildman–Crippen LogP) is -1.84. The molecule has 19 heavy (non-hydrogen) atoms. The van der Waals surface area contributed by atoms with E-state index in [9.17, 15) is 23.1 Å². The molecule has 0 bridgehead atoms. The van der Waals surface area contributed by atoms with E-state index in [1.165, 1.54) is 23.7 Å². The molecule has 0 aliphatic heterocycles. The highest BCUT2D eigenvalue weighted by Crippen LogP contribution is 2.17. The predicted molar refractivity (Wildman–Crippen MR) is 61.7 cm³/mol. The first kappa shape index (κ1) is 13.3. The summed E-state index contributed by atoms with van der Waals surface area (Å²) in [6, 6.07) is 3.79. The zero-order chi connectivity index (χ0) is 14.2. The number of hydrogen-bond donors (Lipinski definition) is 1. The Balaban J connectivity index is 2.46. The van der Waals surface area contributed by atoms with Gasteiger partial charge in [0.1, 0.15) is 0 Å². The maximum Gasteiger partial charge on any atom is 0.419 e. The molecule has 102 valence electrons. The van der Waals surface area contributed by atoms with Gasteiger partial charge >= 0.3 is 5.76 Å². The van der Waals surface area contributed by atoms with Crippen LogP contribution in [-0.2, 0) is 21.9 Å². The van der Waals surface area contributed by atoms with Crippen molar-refractivity contribution in [3.05, 3.63) is 28.7 Å². The molecule has 8 nitrogen and oxygen atoms in total. The molecule has 0 radical (unpaired) electrons. The van der Waals surface area contributed by atoms with Gasteiger partial charge in [-0.15, -0.1) is 0 Å². The number of sulfonamides is 1. The third-order valence-electron chi connectivity index (χ3n) is 2.48. The molecule has 0 atom stereocenters. The van der Waals surface area contributed by atoms with Gasteiger partial charge in [0.05, 0.1) is 22.9 Å². The number of carboxylic acid groups (broad SMARTS) is 1. The molecule has 9 heteroatoms. The summed E-state index contributed by atoms with van der Waals surface area (Å²) in [5.74, 6) is -2.16. The van der Waals surface area contributed by atoms with Gasteiger partial charge in [0.25, 0.3) is 0 Å². The molecule has 0 spiro atoms. The van der Waals surface area contributed by atoms with Crippen molar-refractivity contribution in [3.63, 3.8) is 0 Å². The summed E-state index contributed by atoms with van der Waals surface area (Å²) >= 11 is 0. The molecule has 2 rings (SSSR count). The van der Waals surface area contributed by atoms with E-state index < -0.39 is 28.3 Å². The zero-order valence-electron chi connectivity index (χ0n) is 9.74. The minimum absolute atomic E-state index is 0.101. The number of nitrogens with one attached hydrogen (secondary N) is 1. The molecule has 0 saturated carbocycles. The highest BCUT2D eigenvalue weighted by atomic mass is 32.2. The largest absolute Gasteiger partial charge is 0.549 e. The fraction of sp³-hybridized carbons (Fsp3) is 0.200. The quantitative estimate of drug-likeness (QED) is 0.704. The summed E-state index contributed by atoms with van der Waals surface area (Å²) in [6.07, 6.45) is 0. The molecule has 0 saturated heterocycles. The Bertz CT molecular complexity index is 801. The smallest absolute Gasteiger partial charge is 0.419 e. The number of hydrogen-bond acceptors (Lipinski definition) is 6. The van der Waals surface area contributed by atoms with E-state index in [0.29, 0.717) is 5.52 Å². The fourth-order valence-corrected chi connectivity index (χ4v) is 2.50. The maximum atomic E-state index is 11.7. The van der Waals surface area contributed by atoms with E-state index >= 15 is 0 Å². The van der Waals surface area contributed by atoms with Gasteiger partial charge in [0, 0.05) is 13.1 Å². The molecule has 1 aromatic carbocycles.